The molecular formula is C18H11N2. The first kappa shape index (κ1) is 11.1. The number of fused-ring (bicyclic) bond motifs is 2. The predicted octanol–water partition coefficient (Wildman–Crippen LogP) is 4.25. The van der Waals surface area contributed by atoms with E-state index in [0.29, 0.717) is 0 Å². The first-order valence-electron chi connectivity index (χ1n) is 6.53. The number of aromatic nitrogens is 2. The van der Waals surface area contributed by atoms with E-state index in [1.54, 1.807) is 0 Å². The molecule has 0 spiro atoms. The lowest BCUT2D eigenvalue weighted by Gasteiger charge is -2.06. The molecule has 4 aromatic rings. The van der Waals surface area contributed by atoms with Crippen molar-refractivity contribution in [2.75, 3.05) is 0 Å². The summed E-state index contributed by atoms with van der Waals surface area (Å²) in [6, 6.07) is 20.4. The molecule has 4 rings (SSSR count). The number of hydrogen-bond donors (Lipinski definition) is 0. The van der Waals surface area contributed by atoms with E-state index < -0.39 is 0 Å². The Kier molecular flexibility index (Phi) is 2.46. The number of nitrogens with zero attached hydrogens (tertiary/aromatic N) is 2. The number of benzene rings is 2. The van der Waals surface area contributed by atoms with Gasteiger partial charge in [-0.15, -0.1) is 0 Å². The van der Waals surface area contributed by atoms with Gasteiger partial charge in [-0.05, 0) is 23.6 Å². The fourth-order valence-corrected chi connectivity index (χ4v) is 2.48. The predicted molar refractivity (Wildman–Crippen MR) is 81.3 cm³/mol. The summed E-state index contributed by atoms with van der Waals surface area (Å²) in [5.74, 6) is 0. The Hall–Kier alpha value is -2.74. The SMILES string of the molecule is [c]1nc2ccccc2cc1-c1nccc2ccccc12. The van der Waals surface area contributed by atoms with Crippen LogP contribution in [0.2, 0.25) is 0 Å². The van der Waals surface area contributed by atoms with Gasteiger partial charge in [0.05, 0.1) is 17.4 Å². The maximum atomic E-state index is 4.51. The minimum absolute atomic E-state index is 0.931. The smallest absolute Gasteiger partial charge is 0.0995 e. The van der Waals surface area contributed by atoms with E-state index in [0.717, 1.165) is 27.5 Å². The summed E-state index contributed by atoms with van der Waals surface area (Å²) in [6.07, 6.45) is 4.94. The van der Waals surface area contributed by atoms with E-state index >= 15 is 0 Å². The Labute approximate surface area is 116 Å². The van der Waals surface area contributed by atoms with Gasteiger partial charge in [0.2, 0.25) is 0 Å². The molecule has 0 fully saturated rings. The van der Waals surface area contributed by atoms with Crippen LogP contribution in [0.3, 0.4) is 0 Å². The summed E-state index contributed by atoms with van der Waals surface area (Å²) in [6.45, 7) is 0. The molecule has 2 heterocycles. The molecule has 0 amide bonds. The molecule has 93 valence electrons. The Morgan fingerprint density at radius 1 is 0.800 bits per heavy atom. The number of hydrogen-bond acceptors (Lipinski definition) is 2. The summed E-state index contributed by atoms with van der Waals surface area (Å²) in [5.41, 5.74) is 2.82. The fourth-order valence-electron chi connectivity index (χ4n) is 2.48. The topological polar surface area (TPSA) is 25.8 Å². The molecule has 2 nitrogen and oxygen atoms in total. The molecule has 0 saturated heterocycles. The molecule has 20 heavy (non-hydrogen) atoms. The average Bonchev–Trinajstić information content (AvgIpc) is 2.54. The number of rotatable bonds is 1. The lowest BCUT2D eigenvalue weighted by molar-refractivity contribution is 1.32. The van der Waals surface area contributed by atoms with E-state index in [4.69, 9.17) is 0 Å². The van der Waals surface area contributed by atoms with Crippen LogP contribution in [0.1, 0.15) is 0 Å². The average molecular weight is 255 g/mol. The Morgan fingerprint density at radius 2 is 1.60 bits per heavy atom. The molecular weight excluding hydrogens is 244 g/mol. The summed E-state index contributed by atoms with van der Waals surface area (Å²) in [7, 11) is 0. The maximum Gasteiger partial charge on any atom is 0.0995 e. The van der Waals surface area contributed by atoms with Gasteiger partial charge in [-0.3, -0.25) is 4.98 Å². The third-order valence-corrected chi connectivity index (χ3v) is 3.46. The van der Waals surface area contributed by atoms with Gasteiger partial charge in [0.25, 0.3) is 0 Å². The van der Waals surface area contributed by atoms with Crippen LogP contribution in [0.5, 0.6) is 0 Å². The molecule has 0 saturated carbocycles. The maximum absolute atomic E-state index is 4.51. The monoisotopic (exact) mass is 255 g/mol. The molecule has 0 aliphatic heterocycles. The number of pyridine rings is 2. The van der Waals surface area contributed by atoms with Gasteiger partial charge in [-0.25, -0.2) is 4.98 Å². The highest BCUT2D eigenvalue weighted by Gasteiger charge is 2.06. The quantitative estimate of drug-likeness (QED) is 0.508. The number of para-hydroxylation sites is 1. The zero-order chi connectivity index (χ0) is 13.4. The lowest BCUT2D eigenvalue weighted by atomic mass is 10.0. The first-order chi connectivity index (χ1) is 9.92. The van der Waals surface area contributed by atoms with Crippen molar-refractivity contribution in [3.8, 4) is 11.3 Å². The Bertz CT molecular complexity index is 908. The normalized spacial score (nSPS) is 11.0. The molecule has 2 heteroatoms. The van der Waals surface area contributed by atoms with E-state index in [2.05, 4.69) is 40.4 Å². The molecule has 0 N–H and O–H groups in total. The highest BCUT2D eigenvalue weighted by Crippen LogP contribution is 2.27. The second kappa shape index (κ2) is 4.42. The van der Waals surface area contributed by atoms with Crippen LogP contribution < -0.4 is 0 Å². The van der Waals surface area contributed by atoms with Crippen molar-refractivity contribution in [3.63, 3.8) is 0 Å². The summed E-state index contributed by atoms with van der Waals surface area (Å²) >= 11 is 0. The van der Waals surface area contributed by atoms with Gasteiger partial charge < -0.3 is 0 Å². The zero-order valence-electron chi connectivity index (χ0n) is 10.7. The zero-order valence-corrected chi connectivity index (χ0v) is 10.7. The van der Waals surface area contributed by atoms with Gasteiger partial charge >= 0.3 is 0 Å². The molecule has 0 bridgehead atoms. The van der Waals surface area contributed by atoms with Crippen LogP contribution in [0.4, 0.5) is 0 Å². The molecule has 0 unspecified atom stereocenters. The Morgan fingerprint density at radius 3 is 2.55 bits per heavy atom. The standard InChI is InChI=1S/C18H11N2/c1-3-7-16-13(5-1)9-10-19-18(16)15-11-14-6-2-4-8-17(14)20-12-15/h1-11H. The van der Waals surface area contributed by atoms with Gasteiger partial charge in [0.1, 0.15) is 0 Å². The summed E-state index contributed by atoms with van der Waals surface area (Å²) in [5, 5.41) is 3.42. The van der Waals surface area contributed by atoms with Gasteiger partial charge in [0.15, 0.2) is 0 Å². The fraction of sp³-hybridized carbons (Fsp3) is 0. The van der Waals surface area contributed by atoms with Crippen molar-refractivity contribution in [2.45, 2.75) is 0 Å². The van der Waals surface area contributed by atoms with Crippen molar-refractivity contribution in [2.24, 2.45) is 0 Å². The first-order valence-corrected chi connectivity index (χ1v) is 6.53. The van der Waals surface area contributed by atoms with Gasteiger partial charge in [-0.1, -0.05) is 42.5 Å². The van der Waals surface area contributed by atoms with Crippen molar-refractivity contribution >= 4 is 21.7 Å². The van der Waals surface area contributed by atoms with Crippen LogP contribution in [-0.4, -0.2) is 9.97 Å². The van der Waals surface area contributed by atoms with E-state index in [9.17, 15) is 0 Å². The van der Waals surface area contributed by atoms with Crippen molar-refractivity contribution in [1.82, 2.24) is 9.97 Å². The highest BCUT2D eigenvalue weighted by atomic mass is 14.7. The molecule has 0 aliphatic carbocycles. The molecule has 2 aromatic carbocycles. The van der Waals surface area contributed by atoms with Crippen molar-refractivity contribution in [1.29, 1.82) is 0 Å². The second-order valence-electron chi connectivity index (χ2n) is 4.72. The third kappa shape index (κ3) is 1.74. The summed E-state index contributed by atoms with van der Waals surface area (Å²) < 4.78 is 0. The minimum atomic E-state index is 0.931. The van der Waals surface area contributed by atoms with Gasteiger partial charge in [-0.2, -0.15) is 0 Å². The van der Waals surface area contributed by atoms with Crippen LogP contribution in [0, 0.1) is 6.20 Å². The largest absolute Gasteiger partial charge is 0.256 e. The minimum Gasteiger partial charge on any atom is -0.256 e. The van der Waals surface area contributed by atoms with Crippen LogP contribution in [0.15, 0.2) is 66.9 Å². The van der Waals surface area contributed by atoms with Crippen LogP contribution >= 0.6 is 0 Å². The van der Waals surface area contributed by atoms with E-state index in [1.165, 1.54) is 5.39 Å². The van der Waals surface area contributed by atoms with Crippen LogP contribution in [-0.2, 0) is 0 Å². The molecule has 0 atom stereocenters. The van der Waals surface area contributed by atoms with Crippen LogP contribution in [0.25, 0.3) is 32.9 Å². The van der Waals surface area contributed by atoms with E-state index in [1.807, 2.05) is 42.6 Å². The highest BCUT2D eigenvalue weighted by molar-refractivity contribution is 5.95. The summed E-state index contributed by atoms with van der Waals surface area (Å²) in [4.78, 5) is 8.91. The molecule has 0 aliphatic rings. The molecule has 1 radical (unpaired) electrons. The Balaban J connectivity index is 2.01. The van der Waals surface area contributed by atoms with Crippen molar-refractivity contribution < 1.29 is 0 Å². The molecule has 2 aromatic heterocycles. The van der Waals surface area contributed by atoms with Crippen molar-refractivity contribution in [3.05, 3.63) is 73.1 Å². The van der Waals surface area contributed by atoms with E-state index in [-0.39, 0.29) is 0 Å². The lowest BCUT2D eigenvalue weighted by Crippen LogP contribution is -1.88. The second-order valence-corrected chi connectivity index (χ2v) is 4.72. The third-order valence-electron chi connectivity index (χ3n) is 3.46. The van der Waals surface area contributed by atoms with Gasteiger partial charge in [0, 0.05) is 22.5 Å².